The van der Waals surface area contributed by atoms with Crippen LogP contribution in [0.25, 0.3) is 11.4 Å². The maximum Gasteiger partial charge on any atom is 0.349 e. The van der Waals surface area contributed by atoms with Gasteiger partial charge in [-0.3, -0.25) is 19.1 Å². The summed E-state index contributed by atoms with van der Waals surface area (Å²) in [5, 5.41) is 12.8. The smallest absolute Gasteiger partial charge is 0.349 e. The van der Waals surface area contributed by atoms with E-state index in [9.17, 15) is 14.4 Å². The normalized spacial score (nSPS) is 10.7. The lowest BCUT2D eigenvalue weighted by molar-refractivity contribution is 0.478. The van der Waals surface area contributed by atoms with Crippen molar-refractivity contribution in [2.45, 2.75) is 13.8 Å². The lowest BCUT2D eigenvalue weighted by atomic mass is 10.1. The van der Waals surface area contributed by atoms with E-state index >= 15 is 0 Å². The Morgan fingerprint density at radius 1 is 0.971 bits per heavy atom. The number of rotatable bonds is 4. The lowest BCUT2D eigenvalue weighted by Crippen LogP contribution is -2.33. The first-order valence-corrected chi connectivity index (χ1v) is 10.5. The third kappa shape index (κ3) is 4.50. The van der Waals surface area contributed by atoms with E-state index in [1.165, 1.54) is 35.0 Å². The highest BCUT2D eigenvalue weighted by molar-refractivity contribution is 6.37. The molecule has 11 heteroatoms. The molecule has 4 aromatic rings. The van der Waals surface area contributed by atoms with Crippen molar-refractivity contribution in [3.05, 3.63) is 107 Å². The molecule has 34 heavy (non-hydrogen) atoms. The molecule has 0 saturated carbocycles. The highest BCUT2D eigenvalue weighted by Gasteiger charge is 2.16. The van der Waals surface area contributed by atoms with Crippen LogP contribution in [0.1, 0.15) is 16.8 Å². The van der Waals surface area contributed by atoms with Crippen LogP contribution in [0.15, 0.2) is 63.0 Å². The largest absolute Gasteiger partial charge is 0.453 e. The lowest BCUT2D eigenvalue weighted by Gasteiger charge is -2.14. The van der Waals surface area contributed by atoms with Crippen molar-refractivity contribution in [3.63, 3.8) is 0 Å². The molecule has 0 bridgehead atoms. The summed E-state index contributed by atoms with van der Waals surface area (Å²) in [6.45, 7) is 3.87. The molecule has 170 valence electrons. The fourth-order valence-corrected chi connectivity index (χ4v) is 3.90. The van der Waals surface area contributed by atoms with Crippen LogP contribution in [0, 0.1) is 25.2 Å². The van der Waals surface area contributed by atoms with Crippen LogP contribution in [0.3, 0.4) is 0 Å². The highest BCUT2D eigenvalue weighted by Crippen LogP contribution is 2.38. The molecule has 0 radical (unpaired) electrons. The number of nitriles is 1. The Morgan fingerprint density at radius 2 is 1.62 bits per heavy atom. The van der Waals surface area contributed by atoms with E-state index < -0.39 is 16.9 Å². The highest BCUT2D eigenvalue weighted by atomic mass is 35.5. The number of nitrogens with one attached hydrogen (secondary N) is 1. The summed E-state index contributed by atoms with van der Waals surface area (Å²) in [5.41, 5.74) is 0.270. The van der Waals surface area contributed by atoms with E-state index in [0.29, 0.717) is 11.4 Å². The number of aromatic nitrogens is 4. The van der Waals surface area contributed by atoms with E-state index in [-0.39, 0.29) is 27.0 Å². The maximum atomic E-state index is 12.5. The zero-order chi connectivity index (χ0) is 24.6. The monoisotopic (exact) mass is 495 g/mol. The van der Waals surface area contributed by atoms with Gasteiger partial charge in [-0.25, -0.2) is 4.79 Å². The first-order valence-electron chi connectivity index (χ1n) is 9.78. The molecule has 0 aliphatic rings. The van der Waals surface area contributed by atoms with Crippen molar-refractivity contribution in [1.29, 1.82) is 5.26 Å². The first kappa shape index (κ1) is 23.0. The molecule has 2 heterocycles. The minimum Gasteiger partial charge on any atom is -0.453 e. The van der Waals surface area contributed by atoms with Crippen LogP contribution in [0.4, 0.5) is 0 Å². The average Bonchev–Trinajstić information content (AvgIpc) is 2.76. The quantitative estimate of drug-likeness (QED) is 0.460. The Bertz CT molecular complexity index is 1620. The average molecular weight is 496 g/mol. The standard InChI is InChI=1S/C23H15Cl2N5O4/c1-12-5-13(2)7-14(6-12)29-11-16(3-4-20(29)31)34-21-17(24)8-15(9-18(21)25)30-23(33)27-22(32)19(10-26)28-30/h3-9,11H,1-2H3,(H,27,32,33). The molecule has 0 fully saturated rings. The zero-order valence-electron chi connectivity index (χ0n) is 17.8. The molecule has 2 aromatic carbocycles. The Hall–Kier alpha value is -4.13. The molecule has 0 spiro atoms. The predicted octanol–water partition coefficient (Wildman–Crippen LogP) is 3.66. The number of aryl methyl sites for hydroxylation is 2. The molecular weight excluding hydrogens is 481 g/mol. The number of aromatic amines is 1. The van der Waals surface area contributed by atoms with E-state index in [2.05, 4.69) is 5.10 Å². The SMILES string of the molecule is Cc1cc(C)cc(-n2cc(Oc3c(Cl)cc(-n4nc(C#N)c(=O)[nH]c4=O)cc3Cl)ccc2=O)c1. The molecule has 1 N–H and O–H groups in total. The molecule has 0 aliphatic heterocycles. The molecule has 9 nitrogen and oxygen atoms in total. The fraction of sp³-hybridized carbons (Fsp3) is 0.0870. The summed E-state index contributed by atoms with van der Waals surface area (Å²) >= 11 is 12.7. The summed E-state index contributed by atoms with van der Waals surface area (Å²) in [4.78, 5) is 38.2. The number of hydrogen-bond donors (Lipinski definition) is 1. The molecule has 0 unspecified atom stereocenters. The second-order valence-corrected chi connectivity index (χ2v) is 8.21. The number of hydrogen-bond acceptors (Lipinski definition) is 6. The van der Waals surface area contributed by atoms with Crippen LogP contribution < -0.4 is 21.5 Å². The Balaban J connectivity index is 1.74. The third-order valence-electron chi connectivity index (χ3n) is 4.75. The van der Waals surface area contributed by atoms with Gasteiger partial charge in [-0.1, -0.05) is 29.3 Å². The Kier molecular flexibility index (Phi) is 6.11. The molecule has 4 rings (SSSR count). The van der Waals surface area contributed by atoms with Crippen molar-refractivity contribution < 1.29 is 4.74 Å². The number of H-pyrrole nitrogens is 1. The third-order valence-corrected chi connectivity index (χ3v) is 5.31. The summed E-state index contributed by atoms with van der Waals surface area (Å²) in [7, 11) is 0. The number of pyridine rings is 1. The van der Waals surface area contributed by atoms with Gasteiger partial charge in [0.25, 0.3) is 11.1 Å². The van der Waals surface area contributed by atoms with E-state index in [1.807, 2.05) is 37.0 Å². The summed E-state index contributed by atoms with van der Waals surface area (Å²) < 4.78 is 8.10. The van der Waals surface area contributed by atoms with Crippen molar-refractivity contribution in [3.8, 4) is 28.9 Å². The van der Waals surface area contributed by atoms with Gasteiger partial charge in [0.1, 0.15) is 11.8 Å². The first-order chi connectivity index (χ1) is 16.2. The summed E-state index contributed by atoms with van der Waals surface area (Å²) in [5.74, 6) is 0.372. The van der Waals surface area contributed by atoms with Crippen molar-refractivity contribution >= 4 is 23.2 Å². The summed E-state index contributed by atoms with van der Waals surface area (Å²) in [6, 6.07) is 12.9. The molecule has 0 amide bonds. The van der Waals surface area contributed by atoms with E-state index in [0.717, 1.165) is 15.8 Å². The Morgan fingerprint density at radius 3 is 2.24 bits per heavy atom. The molecule has 0 saturated heterocycles. The molecule has 0 atom stereocenters. The fourth-order valence-electron chi connectivity index (χ4n) is 3.35. The van der Waals surface area contributed by atoms with E-state index in [1.54, 1.807) is 6.07 Å². The second-order valence-electron chi connectivity index (χ2n) is 7.39. The molecule has 0 aliphatic carbocycles. The van der Waals surface area contributed by atoms with Gasteiger partial charge < -0.3 is 4.74 Å². The second kappa shape index (κ2) is 9.02. The number of nitrogens with zero attached hydrogens (tertiary/aromatic N) is 4. The van der Waals surface area contributed by atoms with Gasteiger partial charge in [0, 0.05) is 11.8 Å². The van der Waals surface area contributed by atoms with Crippen LogP contribution in [-0.2, 0) is 0 Å². The summed E-state index contributed by atoms with van der Waals surface area (Å²) in [6.07, 6.45) is 1.52. The van der Waals surface area contributed by atoms with Gasteiger partial charge in [-0.05, 0) is 55.3 Å². The molecule has 2 aromatic heterocycles. The number of halogens is 2. The number of ether oxygens (including phenoxy) is 1. The maximum absolute atomic E-state index is 12.5. The number of benzene rings is 2. The van der Waals surface area contributed by atoms with Gasteiger partial charge >= 0.3 is 5.69 Å². The van der Waals surface area contributed by atoms with Crippen molar-refractivity contribution in [2.24, 2.45) is 0 Å². The molecular formula is C23H15Cl2N5O4. The Labute approximate surface area is 202 Å². The zero-order valence-corrected chi connectivity index (χ0v) is 19.3. The predicted molar refractivity (Wildman–Crippen MR) is 127 cm³/mol. The minimum atomic E-state index is -0.903. The van der Waals surface area contributed by atoms with E-state index in [4.69, 9.17) is 33.2 Å². The van der Waals surface area contributed by atoms with Gasteiger partial charge in [-0.2, -0.15) is 9.94 Å². The van der Waals surface area contributed by atoms with Crippen LogP contribution in [0.2, 0.25) is 10.0 Å². The minimum absolute atomic E-state index is 0.0325. The van der Waals surface area contributed by atoms with Crippen LogP contribution in [-0.4, -0.2) is 19.3 Å². The van der Waals surface area contributed by atoms with Gasteiger partial charge in [0.2, 0.25) is 5.69 Å². The van der Waals surface area contributed by atoms with Crippen molar-refractivity contribution in [2.75, 3.05) is 0 Å². The van der Waals surface area contributed by atoms with Crippen molar-refractivity contribution in [1.82, 2.24) is 19.3 Å². The van der Waals surface area contributed by atoms with Gasteiger partial charge in [0.15, 0.2) is 5.75 Å². The van der Waals surface area contributed by atoms with Crippen LogP contribution in [0.5, 0.6) is 11.5 Å². The topological polar surface area (TPSA) is 123 Å². The van der Waals surface area contributed by atoms with Crippen LogP contribution >= 0.6 is 23.2 Å². The van der Waals surface area contributed by atoms with Gasteiger partial charge in [0.05, 0.1) is 21.9 Å². The van der Waals surface area contributed by atoms with Gasteiger partial charge in [-0.15, -0.1) is 5.10 Å².